The molecule has 9 heteroatoms. The Labute approximate surface area is 114 Å². The Morgan fingerprint density at radius 3 is 2.40 bits per heavy atom. The van der Waals surface area contributed by atoms with Gasteiger partial charge in [-0.3, -0.25) is 9.59 Å². The summed E-state index contributed by atoms with van der Waals surface area (Å²) in [6.45, 7) is 1.20. The molecule has 8 nitrogen and oxygen atoms in total. The van der Waals surface area contributed by atoms with E-state index in [9.17, 15) is 22.8 Å². The molecular weight excluding hydrogens is 290 g/mol. The van der Waals surface area contributed by atoms with E-state index in [4.69, 9.17) is 5.11 Å². The quantitative estimate of drug-likeness (QED) is 0.613. The van der Waals surface area contributed by atoms with Crippen molar-refractivity contribution in [3.8, 4) is 0 Å². The Morgan fingerprint density at radius 2 is 1.85 bits per heavy atom. The average molecular weight is 301 g/mol. The van der Waals surface area contributed by atoms with Crippen molar-refractivity contribution in [1.29, 1.82) is 0 Å². The molecule has 0 heterocycles. The van der Waals surface area contributed by atoms with Gasteiger partial charge in [-0.2, -0.15) is 8.42 Å². The summed E-state index contributed by atoms with van der Waals surface area (Å²) in [7, 11) is -4.56. The maximum Gasteiger partial charge on any atom is 0.522 e. The zero-order valence-electron chi connectivity index (χ0n) is 10.3. The highest BCUT2D eigenvalue weighted by atomic mass is 32.2. The van der Waals surface area contributed by atoms with Crippen LogP contribution in [-0.4, -0.2) is 31.4 Å². The van der Waals surface area contributed by atoms with Crippen molar-refractivity contribution in [3.63, 3.8) is 0 Å². The third-order valence-electron chi connectivity index (χ3n) is 2.02. The fourth-order valence-electron chi connectivity index (χ4n) is 1.35. The second kappa shape index (κ2) is 6.15. The molecule has 2 N–H and O–H groups in total. The Balaban J connectivity index is 3.08. The predicted octanol–water partition coefficient (Wildman–Crippen LogP) is 0.988. The zero-order valence-corrected chi connectivity index (χ0v) is 11.1. The first kappa shape index (κ1) is 15.6. The predicted molar refractivity (Wildman–Crippen MR) is 66.7 cm³/mol. The molecule has 0 radical (unpaired) electrons. The molecule has 0 aliphatic carbocycles. The molecule has 0 aliphatic heterocycles. The summed E-state index contributed by atoms with van der Waals surface area (Å²) in [6.07, 6.45) is -2.41. The summed E-state index contributed by atoms with van der Waals surface area (Å²) >= 11 is 0. The fraction of sp³-hybridized carbons (Fsp3) is 0.182. The van der Waals surface area contributed by atoms with Crippen LogP contribution < -0.4 is 5.32 Å². The van der Waals surface area contributed by atoms with Gasteiger partial charge < -0.3 is 14.6 Å². The van der Waals surface area contributed by atoms with Crippen molar-refractivity contribution in [2.75, 3.05) is 5.32 Å². The van der Waals surface area contributed by atoms with Crippen LogP contribution in [0, 0.1) is 0 Å². The number of para-hydroxylation sites is 1. The maximum atomic E-state index is 11.6. The van der Waals surface area contributed by atoms with Gasteiger partial charge in [0.25, 0.3) is 0 Å². The number of anilines is 1. The van der Waals surface area contributed by atoms with E-state index < -0.39 is 39.3 Å². The Morgan fingerprint density at radius 1 is 1.25 bits per heavy atom. The Hall–Kier alpha value is -2.42. The summed E-state index contributed by atoms with van der Waals surface area (Å²) < 4.78 is 27.1. The van der Waals surface area contributed by atoms with Crippen molar-refractivity contribution in [2.45, 2.75) is 18.2 Å². The average Bonchev–Trinajstić information content (AvgIpc) is 2.26. The van der Waals surface area contributed by atoms with Crippen molar-refractivity contribution in [2.24, 2.45) is 0 Å². The van der Waals surface area contributed by atoms with Gasteiger partial charge >= 0.3 is 16.3 Å². The fourth-order valence-corrected chi connectivity index (χ4v) is 2.26. The van der Waals surface area contributed by atoms with Crippen LogP contribution in [0.2, 0.25) is 0 Å². The normalized spacial score (nSPS) is 10.7. The number of carbonyl (C=O) groups is 3. The molecule has 0 saturated heterocycles. The molecule has 1 aromatic rings. The van der Waals surface area contributed by atoms with Crippen LogP contribution in [0.4, 0.5) is 10.5 Å². The monoisotopic (exact) mass is 301 g/mol. The molecule has 0 saturated carbocycles. The van der Waals surface area contributed by atoms with Crippen LogP contribution >= 0.6 is 0 Å². The van der Waals surface area contributed by atoms with Gasteiger partial charge in [-0.1, -0.05) is 12.1 Å². The number of benzene rings is 1. The number of nitrogens with one attached hydrogen (secondary N) is 1. The Bertz CT molecular complexity index is 650. The van der Waals surface area contributed by atoms with Gasteiger partial charge in [0.15, 0.2) is 0 Å². The molecule has 0 atom stereocenters. The zero-order chi connectivity index (χ0) is 15.3. The number of amides is 1. The summed E-state index contributed by atoms with van der Waals surface area (Å²) in [4.78, 5) is 32.0. The van der Waals surface area contributed by atoms with Gasteiger partial charge in [0, 0.05) is 0 Å². The highest BCUT2D eigenvalue weighted by Gasteiger charge is 2.24. The maximum absolute atomic E-state index is 11.6. The van der Waals surface area contributed by atoms with E-state index in [1.807, 2.05) is 0 Å². The first-order valence-corrected chi connectivity index (χ1v) is 6.69. The van der Waals surface area contributed by atoms with Crippen molar-refractivity contribution < 1.29 is 32.1 Å². The van der Waals surface area contributed by atoms with Crippen LogP contribution in [0.15, 0.2) is 29.2 Å². The highest BCUT2D eigenvalue weighted by Crippen LogP contribution is 2.23. The molecule has 0 unspecified atom stereocenters. The topological polar surface area (TPSA) is 127 Å². The SMILES string of the molecule is CC(=O)CC(=O)Nc1ccccc1S(=O)(=O)OC(=O)O. The van der Waals surface area contributed by atoms with Gasteiger partial charge in [0.2, 0.25) is 5.91 Å². The summed E-state index contributed by atoms with van der Waals surface area (Å²) in [6, 6.07) is 5.08. The number of ketones is 1. The minimum absolute atomic E-state index is 0.167. The van der Waals surface area contributed by atoms with Crippen LogP contribution in [0.3, 0.4) is 0 Å². The third kappa shape index (κ3) is 4.35. The standard InChI is InChI=1S/C11H11NO7S/c1-7(13)6-10(14)12-8-4-2-3-5-9(8)20(17,18)19-11(15)16/h2-5H,6H2,1H3,(H,12,14)(H,15,16). The van der Waals surface area contributed by atoms with E-state index >= 15 is 0 Å². The van der Waals surface area contributed by atoms with Crippen LogP contribution in [0.5, 0.6) is 0 Å². The first-order chi connectivity index (χ1) is 9.22. The smallest absolute Gasteiger partial charge is 0.449 e. The van der Waals surface area contributed by atoms with Crippen molar-refractivity contribution >= 4 is 33.7 Å². The van der Waals surface area contributed by atoms with Crippen LogP contribution in [-0.2, 0) is 23.9 Å². The van der Waals surface area contributed by atoms with Gasteiger partial charge in [0.05, 0.1) is 12.1 Å². The van der Waals surface area contributed by atoms with Crippen LogP contribution in [0.25, 0.3) is 0 Å². The lowest BCUT2D eigenvalue weighted by Gasteiger charge is -2.09. The van der Waals surface area contributed by atoms with E-state index in [1.165, 1.54) is 25.1 Å². The highest BCUT2D eigenvalue weighted by molar-refractivity contribution is 7.87. The molecule has 0 bridgehead atoms. The van der Waals surface area contributed by atoms with E-state index in [1.54, 1.807) is 0 Å². The lowest BCUT2D eigenvalue weighted by Crippen LogP contribution is -2.18. The molecule has 108 valence electrons. The number of Topliss-reactive ketones (excluding diaryl/α,β-unsaturated/α-hetero) is 1. The molecule has 0 spiro atoms. The van der Waals surface area contributed by atoms with E-state index in [2.05, 4.69) is 9.50 Å². The summed E-state index contributed by atoms with van der Waals surface area (Å²) in [5, 5.41) is 10.6. The number of carbonyl (C=O) groups excluding carboxylic acids is 2. The lowest BCUT2D eigenvalue weighted by atomic mass is 10.2. The molecule has 1 rings (SSSR count). The molecule has 0 aromatic heterocycles. The van der Waals surface area contributed by atoms with Gasteiger partial charge in [-0.05, 0) is 19.1 Å². The number of rotatable bonds is 5. The Kier molecular flexibility index (Phi) is 4.81. The number of hydrogen-bond donors (Lipinski definition) is 2. The summed E-state index contributed by atoms with van der Waals surface area (Å²) in [5.74, 6) is -1.11. The summed E-state index contributed by atoms with van der Waals surface area (Å²) in [5.41, 5.74) is -0.167. The second-order valence-electron chi connectivity index (χ2n) is 3.73. The third-order valence-corrected chi connectivity index (χ3v) is 3.28. The largest absolute Gasteiger partial charge is 0.522 e. The van der Waals surface area contributed by atoms with E-state index in [-0.39, 0.29) is 5.69 Å². The van der Waals surface area contributed by atoms with Gasteiger partial charge in [-0.15, -0.1) is 0 Å². The number of hydrogen-bond acceptors (Lipinski definition) is 6. The molecule has 1 aromatic carbocycles. The van der Waals surface area contributed by atoms with Crippen LogP contribution in [0.1, 0.15) is 13.3 Å². The van der Waals surface area contributed by atoms with Crippen molar-refractivity contribution in [1.82, 2.24) is 0 Å². The molecular formula is C11H11NO7S. The van der Waals surface area contributed by atoms with E-state index in [0.29, 0.717) is 0 Å². The molecule has 0 fully saturated rings. The molecule has 0 aliphatic rings. The van der Waals surface area contributed by atoms with Gasteiger partial charge in [0.1, 0.15) is 10.7 Å². The molecule has 1 amide bonds. The minimum atomic E-state index is -4.56. The lowest BCUT2D eigenvalue weighted by molar-refractivity contribution is -0.124. The first-order valence-electron chi connectivity index (χ1n) is 5.28. The van der Waals surface area contributed by atoms with E-state index in [0.717, 1.165) is 6.07 Å². The minimum Gasteiger partial charge on any atom is -0.449 e. The second-order valence-corrected chi connectivity index (χ2v) is 5.24. The number of carboxylic acid groups (broad SMARTS) is 1. The van der Waals surface area contributed by atoms with Crippen molar-refractivity contribution in [3.05, 3.63) is 24.3 Å². The van der Waals surface area contributed by atoms with Gasteiger partial charge in [-0.25, -0.2) is 4.79 Å². The molecule has 20 heavy (non-hydrogen) atoms.